The van der Waals surface area contributed by atoms with Gasteiger partial charge in [0.2, 0.25) is 0 Å². The van der Waals surface area contributed by atoms with Crippen molar-refractivity contribution in [1.29, 1.82) is 0 Å². The monoisotopic (exact) mass is 248 g/mol. The second-order valence-corrected chi connectivity index (χ2v) is 5.20. The van der Waals surface area contributed by atoms with Crippen molar-refractivity contribution in [3.63, 3.8) is 0 Å². The van der Waals surface area contributed by atoms with Gasteiger partial charge in [-0.3, -0.25) is 0 Å². The number of hydrogen-bond donors (Lipinski definition) is 1. The van der Waals surface area contributed by atoms with Crippen LogP contribution in [0.25, 0.3) is 0 Å². The van der Waals surface area contributed by atoms with Crippen LogP contribution >= 0.6 is 11.3 Å². The highest BCUT2D eigenvalue weighted by Gasteiger charge is 2.05. The summed E-state index contributed by atoms with van der Waals surface area (Å²) in [4.78, 5) is 0. The Bertz CT molecular complexity index is 431. The second-order valence-electron chi connectivity index (χ2n) is 4.42. The summed E-state index contributed by atoms with van der Waals surface area (Å²) in [5.74, 6) is 0. The van der Waals surface area contributed by atoms with Gasteiger partial charge in [-0.1, -0.05) is 6.92 Å². The van der Waals surface area contributed by atoms with Gasteiger partial charge in [0.05, 0.1) is 0 Å². The molecule has 0 bridgehead atoms. The highest BCUT2D eigenvalue weighted by molar-refractivity contribution is 7.07. The number of thiophene rings is 1. The van der Waals surface area contributed by atoms with E-state index in [0.29, 0.717) is 6.04 Å². The Morgan fingerprint density at radius 2 is 2.29 bits per heavy atom. The maximum Gasteiger partial charge on any atom is 0.0478 e. The molecule has 2 aromatic rings. The van der Waals surface area contributed by atoms with Gasteiger partial charge in [0, 0.05) is 25.0 Å². The van der Waals surface area contributed by atoms with Gasteiger partial charge >= 0.3 is 0 Å². The van der Waals surface area contributed by atoms with Gasteiger partial charge in [0.25, 0.3) is 0 Å². The predicted molar refractivity (Wildman–Crippen MR) is 74.6 cm³/mol. The quantitative estimate of drug-likeness (QED) is 0.825. The minimum Gasteiger partial charge on any atom is -0.350 e. The molecule has 1 unspecified atom stereocenters. The molecule has 2 heterocycles. The maximum atomic E-state index is 3.51. The molecule has 0 aromatic carbocycles. The van der Waals surface area contributed by atoms with E-state index < -0.39 is 0 Å². The first-order chi connectivity index (χ1) is 8.29. The molecule has 2 rings (SSSR count). The van der Waals surface area contributed by atoms with Crippen molar-refractivity contribution in [2.24, 2.45) is 0 Å². The molecule has 0 aliphatic rings. The number of aromatic nitrogens is 1. The van der Waals surface area contributed by atoms with Crippen LogP contribution in [0.1, 0.15) is 37.4 Å². The van der Waals surface area contributed by atoms with Crippen molar-refractivity contribution in [3.8, 4) is 0 Å². The lowest BCUT2D eigenvalue weighted by Gasteiger charge is -2.11. The van der Waals surface area contributed by atoms with Gasteiger partial charge in [0.15, 0.2) is 0 Å². The average molecular weight is 248 g/mol. The van der Waals surface area contributed by atoms with Crippen molar-refractivity contribution >= 4 is 11.3 Å². The van der Waals surface area contributed by atoms with Crippen molar-refractivity contribution in [2.45, 2.75) is 32.9 Å². The Kier molecular flexibility index (Phi) is 4.40. The lowest BCUT2D eigenvalue weighted by Crippen LogP contribution is -2.18. The molecule has 2 nitrogen and oxygen atoms in total. The number of nitrogens with one attached hydrogen (secondary N) is 1. The fourth-order valence-corrected chi connectivity index (χ4v) is 2.55. The molecular formula is C14H20N2S. The van der Waals surface area contributed by atoms with Crippen LogP contribution in [0.2, 0.25) is 0 Å². The second kappa shape index (κ2) is 6.03. The molecule has 0 saturated heterocycles. The standard InChI is InChI=1S/C14H20N2S/c1-3-6-15-12(2)14-4-7-16(10-14)9-13-5-8-17-11-13/h4-5,7-8,10-12,15H,3,6,9H2,1-2H3. The van der Waals surface area contributed by atoms with Crippen molar-refractivity contribution in [2.75, 3.05) is 6.54 Å². The number of rotatable bonds is 6. The Labute approximate surface area is 107 Å². The first kappa shape index (κ1) is 12.4. The van der Waals surface area contributed by atoms with E-state index in [1.54, 1.807) is 11.3 Å². The first-order valence-electron chi connectivity index (χ1n) is 6.19. The molecule has 0 spiro atoms. The summed E-state index contributed by atoms with van der Waals surface area (Å²) in [6.07, 6.45) is 5.59. The minimum absolute atomic E-state index is 0.443. The summed E-state index contributed by atoms with van der Waals surface area (Å²) >= 11 is 1.76. The summed E-state index contributed by atoms with van der Waals surface area (Å²) in [5, 5.41) is 7.85. The Hall–Kier alpha value is -1.06. The van der Waals surface area contributed by atoms with E-state index in [-0.39, 0.29) is 0 Å². The molecule has 0 aliphatic heterocycles. The Balaban J connectivity index is 1.95. The lowest BCUT2D eigenvalue weighted by molar-refractivity contribution is 0.569. The van der Waals surface area contributed by atoms with Crippen LogP contribution in [-0.2, 0) is 6.54 Å². The third-order valence-corrected chi connectivity index (χ3v) is 3.65. The van der Waals surface area contributed by atoms with Gasteiger partial charge in [-0.2, -0.15) is 11.3 Å². The zero-order chi connectivity index (χ0) is 12.1. The SMILES string of the molecule is CCCNC(C)c1ccn(Cc2ccsc2)c1. The Morgan fingerprint density at radius 1 is 1.41 bits per heavy atom. The summed E-state index contributed by atoms with van der Waals surface area (Å²) in [5.41, 5.74) is 2.75. The van der Waals surface area contributed by atoms with Crippen LogP contribution in [0.4, 0.5) is 0 Å². The fourth-order valence-electron chi connectivity index (χ4n) is 1.89. The molecule has 3 heteroatoms. The van der Waals surface area contributed by atoms with Crippen LogP contribution in [0.15, 0.2) is 35.3 Å². The molecular weight excluding hydrogens is 228 g/mol. The summed E-state index contributed by atoms with van der Waals surface area (Å²) < 4.78 is 2.25. The topological polar surface area (TPSA) is 17.0 Å². The van der Waals surface area contributed by atoms with Crippen LogP contribution in [0, 0.1) is 0 Å². The molecule has 1 atom stereocenters. The van der Waals surface area contributed by atoms with Gasteiger partial charge in [-0.25, -0.2) is 0 Å². The lowest BCUT2D eigenvalue weighted by atomic mass is 10.2. The normalized spacial score (nSPS) is 12.8. The van der Waals surface area contributed by atoms with E-state index in [1.807, 2.05) is 0 Å². The predicted octanol–water partition coefficient (Wildman–Crippen LogP) is 3.66. The third-order valence-electron chi connectivity index (χ3n) is 2.92. The molecule has 17 heavy (non-hydrogen) atoms. The van der Waals surface area contributed by atoms with Crippen molar-refractivity contribution < 1.29 is 0 Å². The highest BCUT2D eigenvalue weighted by atomic mass is 32.1. The van der Waals surface area contributed by atoms with Crippen LogP contribution < -0.4 is 5.32 Å². The summed E-state index contributed by atoms with van der Waals surface area (Å²) in [7, 11) is 0. The summed E-state index contributed by atoms with van der Waals surface area (Å²) in [6, 6.07) is 4.83. The molecule has 0 amide bonds. The van der Waals surface area contributed by atoms with Gasteiger partial charge < -0.3 is 9.88 Å². The highest BCUT2D eigenvalue weighted by Crippen LogP contribution is 2.15. The molecule has 0 fully saturated rings. The molecule has 0 radical (unpaired) electrons. The van der Waals surface area contributed by atoms with Gasteiger partial charge in [-0.05, 0) is 53.9 Å². The van der Waals surface area contributed by atoms with E-state index in [0.717, 1.165) is 13.1 Å². The van der Waals surface area contributed by atoms with E-state index in [1.165, 1.54) is 17.5 Å². The van der Waals surface area contributed by atoms with Gasteiger partial charge in [0.1, 0.15) is 0 Å². The molecule has 0 saturated carbocycles. The van der Waals surface area contributed by atoms with Crippen molar-refractivity contribution in [3.05, 3.63) is 46.4 Å². The van der Waals surface area contributed by atoms with Gasteiger partial charge in [-0.15, -0.1) is 0 Å². The van der Waals surface area contributed by atoms with E-state index in [9.17, 15) is 0 Å². The minimum atomic E-state index is 0.443. The average Bonchev–Trinajstić information content (AvgIpc) is 2.98. The number of nitrogens with zero attached hydrogens (tertiary/aromatic N) is 1. The molecule has 92 valence electrons. The maximum absolute atomic E-state index is 3.51. The van der Waals surface area contributed by atoms with Crippen molar-refractivity contribution in [1.82, 2.24) is 9.88 Å². The molecule has 0 aliphatic carbocycles. The molecule has 1 N–H and O–H groups in total. The van der Waals surface area contributed by atoms with E-state index >= 15 is 0 Å². The Morgan fingerprint density at radius 3 is 3.00 bits per heavy atom. The first-order valence-corrected chi connectivity index (χ1v) is 7.14. The zero-order valence-electron chi connectivity index (χ0n) is 10.5. The fraction of sp³-hybridized carbons (Fsp3) is 0.429. The molecule has 2 aromatic heterocycles. The third kappa shape index (κ3) is 3.45. The van der Waals surface area contributed by atoms with E-state index in [4.69, 9.17) is 0 Å². The van der Waals surface area contributed by atoms with Crippen LogP contribution in [0.3, 0.4) is 0 Å². The van der Waals surface area contributed by atoms with E-state index in [2.05, 4.69) is 59.0 Å². The van der Waals surface area contributed by atoms with Crippen LogP contribution in [0.5, 0.6) is 0 Å². The number of hydrogen-bond acceptors (Lipinski definition) is 2. The largest absolute Gasteiger partial charge is 0.350 e. The summed E-state index contributed by atoms with van der Waals surface area (Å²) in [6.45, 7) is 6.47. The zero-order valence-corrected chi connectivity index (χ0v) is 11.3. The van der Waals surface area contributed by atoms with Crippen LogP contribution in [-0.4, -0.2) is 11.1 Å². The smallest absolute Gasteiger partial charge is 0.0478 e.